The normalized spacial score (nSPS) is 14.1. The Morgan fingerprint density at radius 3 is 2.48 bits per heavy atom. The molecule has 3 aromatic rings. The summed E-state index contributed by atoms with van der Waals surface area (Å²) >= 11 is 0. The van der Waals surface area contributed by atoms with E-state index in [1.165, 1.54) is 11.3 Å². The molecule has 5 nitrogen and oxygen atoms in total. The van der Waals surface area contributed by atoms with Crippen LogP contribution in [0.5, 0.6) is 0 Å². The summed E-state index contributed by atoms with van der Waals surface area (Å²) in [5.41, 5.74) is 7.26. The lowest BCUT2D eigenvalue weighted by atomic mass is 10.0. The number of amides is 1. The minimum Gasteiger partial charge on any atom is -0.354 e. The first kappa shape index (κ1) is 20.8. The Labute approximate surface area is 184 Å². The standard InChI is InChI=1S/C26H28N4O/c1-19-8-11-21(12-9-19)30(22-14-16-29(3)17-15-22)25-7-5-4-6-23(25)20-10-13-24(28-18-20)26(31)27-2/h4-14,18H,15-17H2,1-3H3,(H,27,31). The van der Waals surface area contributed by atoms with Crippen molar-refractivity contribution < 1.29 is 4.79 Å². The van der Waals surface area contributed by atoms with Crippen molar-refractivity contribution in [1.29, 1.82) is 0 Å². The third kappa shape index (κ3) is 4.52. The van der Waals surface area contributed by atoms with E-state index < -0.39 is 0 Å². The van der Waals surface area contributed by atoms with E-state index in [9.17, 15) is 4.79 Å². The van der Waals surface area contributed by atoms with Gasteiger partial charge in [-0.15, -0.1) is 0 Å². The van der Waals surface area contributed by atoms with Crippen molar-refractivity contribution in [3.63, 3.8) is 0 Å². The number of pyridine rings is 1. The largest absolute Gasteiger partial charge is 0.354 e. The average molecular weight is 413 g/mol. The maximum atomic E-state index is 11.9. The molecule has 0 unspecified atom stereocenters. The second kappa shape index (κ2) is 9.14. The van der Waals surface area contributed by atoms with Crippen LogP contribution in [0, 0.1) is 6.92 Å². The number of para-hydroxylation sites is 1. The number of nitrogens with zero attached hydrogens (tertiary/aromatic N) is 3. The van der Waals surface area contributed by atoms with Gasteiger partial charge in [0.2, 0.25) is 0 Å². The van der Waals surface area contributed by atoms with Crippen LogP contribution in [0.2, 0.25) is 0 Å². The Bertz CT molecular complexity index is 1090. The minimum absolute atomic E-state index is 0.183. The number of carbonyl (C=O) groups excluding carboxylic acids is 1. The number of hydrogen-bond donors (Lipinski definition) is 1. The summed E-state index contributed by atoms with van der Waals surface area (Å²) in [6.07, 6.45) is 5.07. The highest BCUT2D eigenvalue weighted by Crippen LogP contribution is 2.39. The number of carbonyl (C=O) groups is 1. The number of nitrogens with one attached hydrogen (secondary N) is 1. The van der Waals surface area contributed by atoms with Crippen LogP contribution in [0.25, 0.3) is 11.1 Å². The molecule has 1 aliphatic heterocycles. The van der Waals surface area contributed by atoms with Crippen molar-refractivity contribution in [3.8, 4) is 11.1 Å². The maximum Gasteiger partial charge on any atom is 0.269 e. The molecule has 0 saturated heterocycles. The molecule has 0 saturated carbocycles. The Morgan fingerprint density at radius 2 is 1.84 bits per heavy atom. The SMILES string of the molecule is CNC(=O)c1ccc(-c2ccccc2N(C2=CCN(C)CC2)c2ccc(C)cc2)cn1. The molecule has 2 aromatic carbocycles. The van der Waals surface area contributed by atoms with Crippen LogP contribution >= 0.6 is 0 Å². The van der Waals surface area contributed by atoms with Crippen molar-refractivity contribution in [3.05, 3.63) is 89.9 Å². The topological polar surface area (TPSA) is 48.5 Å². The van der Waals surface area contributed by atoms with Crippen molar-refractivity contribution in [2.75, 3.05) is 32.1 Å². The van der Waals surface area contributed by atoms with Gasteiger partial charge >= 0.3 is 0 Å². The van der Waals surface area contributed by atoms with Crippen LogP contribution in [-0.4, -0.2) is 43.0 Å². The summed E-state index contributed by atoms with van der Waals surface area (Å²) in [5.74, 6) is -0.183. The summed E-state index contributed by atoms with van der Waals surface area (Å²) in [6.45, 7) is 4.07. The average Bonchev–Trinajstić information content (AvgIpc) is 2.81. The first-order valence-electron chi connectivity index (χ1n) is 10.6. The van der Waals surface area contributed by atoms with E-state index in [4.69, 9.17) is 0 Å². The molecule has 0 aliphatic carbocycles. The predicted octanol–water partition coefficient (Wildman–Crippen LogP) is 4.77. The molecule has 4 rings (SSSR count). The van der Waals surface area contributed by atoms with E-state index in [0.29, 0.717) is 5.69 Å². The lowest BCUT2D eigenvalue weighted by Gasteiger charge is -2.33. The molecule has 0 bridgehead atoms. The van der Waals surface area contributed by atoms with Gasteiger partial charge in [0.1, 0.15) is 5.69 Å². The van der Waals surface area contributed by atoms with E-state index in [2.05, 4.69) is 82.6 Å². The van der Waals surface area contributed by atoms with Gasteiger partial charge in [-0.25, -0.2) is 0 Å². The Hall–Kier alpha value is -3.44. The lowest BCUT2D eigenvalue weighted by Crippen LogP contribution is -2.29. The Kier molecular flexibility index (Phi) is 6.14. The fraction of sp³-hybridized carbons (Fsp3) is 0.231. The Balaban J connectivity index is 1.81. The fourth-order valence-electron chi connectivity index (χ4n) is 3.84. The monoisotopic (exact) mass is 412 g/mol. The number of anilines is 2. The van der Waals surface area contributed by atoms with Crippen molar-refractivity contribution in [2.45, 2.75) is 13.3 Å². The minimum atomic E-state index is -0.183. The summed E-state index contributed by atoms with van der Waals surface area (Å²) < 4.78 is 0. The number of aromatic nitrogens is 1. The first-order chi connectivity index (χ1) is 15.1. The molecule has 0 spiro atoms. The van der Waals surface area contributed by atoms with Gasteiger partial charge in [-0.2, -0.15) is 0 Å². The summed E-state index contributed by atoms with van der Waals surface area (Å²) in [6, 6.07) is 20.8. The molecular formula is C26H28N4O. The van der Waals surface area contributed by atoms with Crippen LogP contribution in [-0.2, 0) is 0 Å². The molecular weight excluding hydrogens is 384 g/mol. The van der Waals surface area contributed by atoms with Gasteiger partial charge in [0, 0.05) is 55.3 Å². The van der Waals surface area contributed by atoms with Crippen molar-refractivity contribution in [2.24, 2.45) is 0 Å². The third-order valence-electron chi connectivity index (χ3n) is 5.65. The van der Waals surface area contributed by atoms with Gasteiger partial charge < -0.3 is 15.1 Å². The number of rotatable bonds is 5. The summed E-state index contributed by atoms with van der Waals surface area (Å²) in [5, 5.41) is 2.62. The third-order valence-corrected chi connectivity index (χ3v) is 5.65. The molecule has 1 aliphatic rings. The van der Waals surface area contributed by atoms with Gasteiger partial charge in [0.15, 0.2) is 0 Å². The molecule has 5 heteroatoms. The lowest BCUT2D eigenvalue weighted by molar-refractivity contribution is 0.0958. The molecule has 0 fully saturated rings. The summed E-state index contributed by atoms with van der Waals surface area (Å²) in [7, 11) is 3.76. The van der Waals surface area contributed by atoms with Crippen LogP contribution in [0.4, 0.5) is 11.4 Å². The number of hydrogen-bond acceptors (Lipinski definition) is 4. The smallest absolute Gasteiger partial charge is 0.269 e. The predicted molar refractivity (Wildman–Crippen MR) is 127 cm³/mol. The molecule has 2 heterocycles. The van der Waals surface area contributed by atoms with Crippen LogP contribution in [0.15, 0.2) is 78.6 Å². The molecule has 158 valence electrons. The van der Waals surface area contributed by atoms with Gasteiger partial charge in [-0.3, -0.25) is 9.78 Å². The fourth-order valence-corrected chi connectivity index (χ4v) is 3.84. The molecule has 0 radical (unpaired) electrons. The van der Waals surface area contributed by atoms with E-state index in [-0.39, 0.29) is 5.91 Å². The van der Waals surface area contributed by atoms with Crippen molar-refractivity contribution in [1.82, 2.24) is 15.2 Å². The zero-order valence-corrected chi connectivity index (χ0v) is 18.3. The van der Waals surface area contributed by atoms with Crippen LogP contribution in [0.3, 0.4) is 0 Å². The molecule has 1 aromatic heterocycles. The zero-order chi connectivity index (χ0) is 21.8. The van der Waals surface area contributed by atoms with E-state index in [0.717, 1.165) is 42.0 Å². The van der Waals surface area contributed by atoms with E-state index >= 15 is 0 Å². The van der Waals surface area contributed by atoms with E-state index in [1.807, 2.05) is 12.1 Å². The Morgan fingerprint density at radius 1 is 1.06 bits per heavy atom. The second-order valence-corrected chi connectivity index (χ2v) is 7.91. The van der Waals surface area contributed by atoms with Gasteiger partial charge in [-0.1, -0.05) is 48.0 Å². The van der Waals surface area contributed by atoms with Gasteiger partial charge in [-0.05, 0) is 38.2 Å². The molecule has 1 amide bonds. The summed E-state index contributed by atoms with van der Waals surface area (Å²) in [4.78, 5) is 20.9. The highest BCUT2D eigenvalue weighted by atomic mass is 16.1. The van der Waals surface area contributed by atoms with E-state index in [1.54, 1.807) is 19.3 Å². The second-order valence-electron chi connectivity index (χ2n) is 7.91. The molecule has 31 heavy (non-hydrogen) atoms. The number of aryl methyl sites for hydroxylation is 1. The zero-order valence-electron chi connectivity index (χ0n) is 18.3. The number of likely N-dealkylation sites (N-methyl/N-ethyl adjacent to an activating group) is 1. The van der Waals surface area contributed by atoms with Crippen LogP contribution < -0.4 is 10.2 Å². The molecule has 1 N–H and O–H groups in total. The van der Waals surface area contributed by atoms with Crippen molar-refractivity contribution >= 4 is 17.3 Å². The maximum absolute atomic E-state index is 11.9. The first-order valence-corrected chi connectivity index (χ1v) is 10.6. The highest BCUT2D eigenvalue weighted by molar-refractivity contribution is 5.92. The quantitative estimate of drug-likeness (QED) is 0.656. The van der Waals surface area contributed by atoms with Crippen LogP contribution in [0.1, 0.15) is 22.5 Å². The number of benzene rings is 2. The molecule has 0 atom stereocenters. The van der Waals surface area contributed by atoms with Gasteiger partial charge in [0.25, 0.3) is 5.91 Å². The van der Waals surface area contributed by atoms with Gasteiger partial charge in [0.05, 0.1) is 5.69 Å². The highest BCUT2D eigenvalue weighted by Gasteiger charge is 2.21.